The first-order valence-corrected chi connectivity index (χ1v) is 10.2. The molecular formula is C24H26N6O. The summed E-state index contributed by atoms with van der Waals surface area (Å²) in [6.45, 7) is 7.95. The van der Waals surface area contributed by atoms with Crippen LogP contribution in [0, 0.1) is 20.8 Å². The largest absolute Gasteiger partial charge is 0.345 e. The molecule has 1 amide bonds. The quantitative estimate of drug-likeness (QED) is 0.534. The standard InChI is InChI=1S/C24H26N6O/c1-15-6-12-21(13-7-15)30-17(3)22(14-25-30)16(2)26-24(31)20-10-8-19(9-11-20)23-28-27-18(4)29(23)5/h6-14,16H,1-5H3,(H,26,31)/t16-/m1/s1. The van der Waals surface area contributed by atoms with Gasteiger partial charge in [-0.1, -0.05) is 29.8 Å². The molecular weight excluding hydrogens is 388 g/mol. The molecule has 4 rings (SSSR count). The molecule has 31 heavy (non-hydrogen) atoms. The molecule has 2 aromatic carbocycles. The first-order chi connectivity index (χ1) is 14.8. The van der Waals surface area contributed by atoms with E-state index in [9.17, 15) is 4.79 Å². The maximum atomic E-state index is 12.8. The molecule has 0 radical (unpaired) electrons. The zero-order chi connectivity index (χ0) is 22.1. The van der Waals surface area contributed by atoms with Gasteiger partial charge in [0.1, 0.15) is 5.82 Å². The van der Waals surface area contributed by atoms with E-state index in [1.807, 2.05) is 79.7 Å². The molecule has 2 aromatic heterocycles. The minimum atomic E-state index is -0.173. The van der Waals surface area contributed by atoms with E-state index in [1.165, 1.54) is 5.56 Å². The topological polar surface area (TPSA) is 77.6 Å². The maximum absolute atomic E-state index is 12.8. The van der Waals surface area contributed by atoms with Crippen LogP contribution in [0.15, 0.2) is 54.7 Å². The third-order valence-electron chi connectivity index (χ3n) is 5.64. The molecule has 0 saturated heterocycles. The molecule has 0 saturated carbocycles. The van der Waals surface area contributed by atoms with E-state index in [0.717, 1.165) is 34.2 Å². The molecule has 2 heterocycles. The predicted molar refractivity (Wildman–Crippen MR) is 120 cm³/mol. The van der Waals surface area contributed by atoms with Crippen LogP contribution >= 0.6 is 0 Å². The van der Waals surface area contributed by atoms with Crippen molar-refractivity contribution in [3.05, 3.63) is 82.9 Å². The third-order valence-corrected chi connectivity index (χ3v) is 5.64. The average molecular weight is 415 g/mol. The van der Waals surface area contributed by atoms with Crippen LogP contribution in [0.5, 0.6) is 0 Å². The fourth-order valence-electron chi connectivity index (χ4n) is 3.58. The molecule has 0 fully saturated rings. The highest BCUT2D eigenvalue weighted by Gasteiger charge is 2.17. The second-order valence-corrected chi connectivity index (χ2v) is 7.84. The number of aryl methyl sites for hydroxylation is 2. The van der Waals surface area contributed by atoms with Gasteiger partial charge < -0.3 is 9.88 Å². The number of hydrogen-bond donors (Lipinski definition) is 1. The van der Waals surface area contributed by atoms with Crippen molar-refractivity contribution in [1.82, 2.24) is 29.9 Å². The van der Waals surface area contributed by atoms with Gasteiger partial charge in [0.2, 0.25) is 0 Å². The molecule has 7 heteroatoms. The summed E-state index contributed by atoms with van der Waals surface area (Å²) >= 11 is 0. The van der Waals surface area contributed by atoms with E-state index >= 15 is 0 Å². The maximum Gasteiger partial charge on any atom is 0.251 e. The van der Waals surface area contributed by atoms with Gasteiger partial charge in [-0.25, -0.2) is 4.68 Å². The van der Waals surface area contributed by atoms with E-state index in [4.69, 9.17) is 0 Å². The molecule has 1 atom stereocenters. The van der Waals surface area contributed by atoms with Crippen molar-refractivity contribution in [2.24, 2.45) is 7.05 Å². The number of hydrogen-bond acceptors (Lipinski definition) is 4. The molecule has 0 aliphatic rings. The summed E-state index contributed by atoms with van der Waals surface area (Å²) in [5.74, 6) is 1.49. The lowest BCUT2D eigenvalue weighted by Crippen LogP contribution is -2.26. The Morgan fingerprint density at radius 1 is 0.968 bits per heavy atom. The van der Waals surface area contributed by atoms with Crippen LogP contribution in [0.25, 0.3) is 17.1 Å². The van der Waals surface area contributed by atoms with Crippen LogP contribution in [0.2, 0.25) is 0 Å². The van der Waals surface area contributed by atoms with E-state index in [2.05, 4.69) is 39.7 Å². The summed E-state index contributed by atoms with van der Waals surface area (Å²) in [5.41, 5.74) is 5.71. The number of aromatic nitrogens is 5. The molecule has 0 spiro atoms. The smallest absolute Gasteiger partial charge is 0.251 e. The molecule has 0 aliphatic carbocycles. The molecule has 0 unspecified atom stereocenters. The molecule has 4 aromatic rings. The summed E-state index contributed by atoms with van der Waals surface area (Å²) < 4.78 is 3.82. The lowest BCUT2D eigenvalue weighted by Gasteiger charge is -2.14. The second kappa shape index (κ2) is 8.18. The van der Waals surface area contributed by atoms with Crippen molar-refractivity contribution in [1.29, 1.82) is 0 Å². The summed E-state index contributed by atoms with van der Waals surface area (Å²) in [6, 6.07) is 15.4. The monoisotopic (exact) mass is 414 g/mol. The zero-order valence-electron chi connectivity index (χ0n) is 18.4. The molecule has 7 nitrogen and oxygen atoms in total. The van der Waals surface area contributed by atoms with E-state index < -0.39 is 0 Å². The molecule has 158 valence electrons. The lowest BCUT2D eigenvalue weighted by molar-refractivity contribution is 0.0940. The minimum Gasteiger partial charge on any atom is -0.345 e. The Morgan fingerprint density at radius 2 is 1.65 bits per heavy atom. The van der Waals surface area contributed by atoms with Gasteiger partial charge in [-0.2, -0.15) is 5.10 Å². The first-order valence-electron chi connectivity index (χ1n) is 10.2. The predicted octanol–water partition coefficient (Wildman–Crippen LogP) is 4.08. The fourth-order valence-corrected chi connectivity index (χ4v) is 3.58. The number of carbonyl (C=O) groups excluding carboxylic acids is 1. The fraction of sp³-hybridized carbons (Fsp3) is 0.250. The van der Waals surface area contributed by atoms with Gasteiger partial charge in [-0.05, 0) is 52.0 Å². The number of benzene rings is 2. The van der Waals surface area contributed by atoms with Crippen molar-refractivity contribution in [3.63, 3.8) is 0 Å². The van der Waals surface area contributed by atoms with Gasteiger partial charge in [-0.3, -0.25) is 4.79 Å². The van der Waals surface area contributed by atoms with Gasteiger partial charge >= 0.3 is 0 Å². The third kappa shape index (κ3) is 3.99. The summed E-state index contributed by atoms with van der Waals surface area (Å²) in [6.07, 6.45) is 1.82. The Morgan fingerprint density at radius 3 is 2.26 bits per heavy atom. The highest BCUT2D eigenvalue weighted by Crippen LogP contribution is 2.22. The van der Waals surface area contributed by atoms with Crippen LogP contribution in [-0.4, -0.2) is 30.5 Å². The minimum absolute atomic E-state index is 0.129. The van der Waals surface area contributed by atoms with Crippen molar-refractivity contribution >= 4 is 5.91 Å². The van der Waals surface area contributed by atoms with Gasteiger partial charge in [-0.15, -0.1) is 10.2 Å². The number of nitrogens with zero attached hydrogens (tertiary/aromatic N) is 5. The van der Waals surface area contributed by atoms with Crippen LogP contribution < -0.4 is 5.32 Å². The van der Waals surface area contributed by atoms with E-state index in [-0.39, 0.29) is 11.9 Å². The molecule has 0 bridgehead atoms. The molecule has 1 N–H and O–H groups in total. The number of carbonyl (C=O) groups is 1. The van der Waals surface area contributed by atoms with Crippen molar-refractivity contribution in [2.45, 2.75) is 33.7 Å². The number of rotatable bonds is 5. The Hall–Kier alpha value is -3.74. The first kappa shape index (κ1) is 20.5. The van der Waals surface area contributed by atoms with Crippen LogP contribution in [0.1, 0.15) is 46.0 Å². The Balaban J connectivity index is 1.49. The average Bonchev–Trinajstić information content (AvgIpc) is 3.31. The van der Waals surface area contributed by atoms with Crippen molar-refractivity contribution in [2.75, 3.05) is 0 Å². The Labute approximate surface area is 181 Å². The Bertz CT molecular complexity index is 1220. The number of nitrogens with one attached hydrogen (secondary N) is 1. The van der Waals surface area contributed by atoms with Gasteiger partial charge in [0, 0.05) is 29.4 Å². The normalized spacial score (nSPS) is 12.0. The van der Waals surface area contributed by atoms with Crippen LogP contribution in [-0.2, 0) is 7.05 Å². The summed E-state index contributed by atoms with van der Waals surface area (Å²) in [5, 5.41) is 15.9. The van der Waals surface area contributed by atoms with Crippen LogP contribution in [0.4, 0.5) is 0 Å². The van der Waals surface area contributed by atoms with Gasteiger partial charge in [0.25, 0.3) is 5.91 Å². The number of amides is 1. The van der Waals surface area contributed by atoms with E-state index in [1.54, 1.807) is 0 Å². The van der Waals surface area contributed by atoms with Gasteiger partial charge in [0.15, 0.2) is 5.82 Å². The summed E-state index contributed by atoms with van der Waals surface area (Å²) in [7, 11) is 1.92. The Kier molecular flexibility index (Phi) is 5.42. The van der Waals surface area contributed by atoms with Crippen molar-refractivity contribution < 1.29 is 4.79 Å². The van der Waals surface area contributed by atoms with Crippen molar-refractivity contribution in [3.8, 4) is 17.1 Å². The zero-order valence-corrected chi connectivity index (χ0v) is 18.4. The second-order valence-electron chi connectivity index (χ2n) is 7.84. The highest BCUT2D eigenvalue weighted by atomic mass is 16.1. The van der Waals surface area contributed by atoms with Gasteiger partial charge in [0.05, 0.1) is 17.9 Å². The SMILES string of the molecule is Cc1ccc(-n2ncc([C@@H](C)NC(=O)c3ccc(-c4nnc(C)n4C)cc3)c2C)cc1. The summed E-state index contributed by atoms with van der Waals surface area (Å²) in [4.78, 5) is 12.8. The highest BCUT2D eigenvalue weighted by molar-refractivity contribution is 5.94. The lowest BCUT2D eigenvalue weighted by atomic mass is 10.1. The van der Waals surface area contributed by atoms with Crippen LogP contribution in [0.3, 0.4) is 0 Å². The molecule has 0 aliphatic heterocycles. The van der Waals surface area contributed by atoms with E-state index in [0.29, 0.717) is 5.56 Å².